The Kier molecular flexibility index (Phi) is 7.99. The second-order valence-corrected chi connectivity index (χ2v) is 7.72. The van der Waals surface area contributed by atoms with Crippen molar-refractivity contribution in [2.75, 3.05) is 7.11 Å². The number of carbonyl (C=O) groups is 2. The average molecular weight is 408 g/mol. The number of hydrogen-bond donors (Lipinski definition) is 1. The number of aromatic nitrogens is 1. The van der Waals surface area contributed by atoms with E-state index in [0.717, 1.165) is 29.1 Å². The number of esters is 1. The summed E-state index contributed by atoms with van der Waals surface area (Å²) in [6.07, 6.45) is 1.59. The van der Waals surface area contributed by atoms with Gasteiger partial charge in [0, 0.05) is 17.9 Å². The lowest BCUT2D eigenvalue weighted by molar-refractivity contribution is -0.141. The van der Waals surface area contributed by atoms with Crippen LogP contribution >= 0.6 is 0 Å². The Morgan fingerprint density at radius 3 is 2.47 bits per heavy atom. The van der Waals surface area contributed by atoms with Gasteiger partial charge >= 0.3 is 5.97 Å². The van der Waals surface area contributed by atoms with Crippen molar-refractivity contribution in [3.63, 3.8) is 0 Å². The summed E-state index contributed by atoms with van der Waals surface area (Å²) >= 11 is 0. The number of benzene rings is 1. The molecule has 1 unspecified atom stereocenters. The molecule has 6 nitrogen and oxygen atoms in total. The fraction of sp³-hybridized carbons (Fsp3) is 0.375. The van der Waals surface area contributed by atoms with Gasteiger partial charge in [-0.15, -0.1) is 0 Å². The summed E-state index contributed by atoms with van der Waals surface area (Å²) in [4.78, 5) is 24.7. The first-order valence-electron chi connectivity index (χ1n) is 9.98. The van der Waals surface area contributed by atoms with Crippen LogP contribution in [0.2, 0.25) is 0 Å². The molecule has 0 aliphatic heterocycles. The fourth-order valence-electron chi connectivity index (χ4n) is 3.35. The molecule has 1 N–H and O–H groups in total. The molecule has 1 aromatic carbocycles. The van der Waals surface area contributed by atoms with E-state index in [9.17, 15) is 14.9 Å². The number of ether oxygens (including phenoxy) is 1. The number of rotatable bonds is 8. The van der Waals surface area contributed by atoms with Crippen LogP contribution in [0.1, 0.15) is 48.8 Å². The van der Waals surface area contributed by atoms with Gasteiger partial charge in [0.25, 0.3) is 5.91 Å². The Morgan fingerprint density at radius 2 is 1.90 bits per heavy atom. The Morgan fingerprint density at radius 1 is 1.23 bits per heavy atom. The molecule has 1 heterocycles. The Bertz CT molecular complexity index is 966. The van der Waals surface area contributed by atoms with Crippen molar-refractivity contribution in [3.05, 3.63) is 64.5 Å². The maximum atomic E-state index is 12.9. The lowest BCUT2D eigenvalue weighted by Gasteiger charge is -2.18. The average Bonchev–Trinajstić information content (AvgIpc) is 2.98. The van der Waals surface area contributed by atoms with Crippen LogP contribution < -0.4 is 5.32 Å². The van der Waals surface area contributed by atoms with Crippen molar-refractivity contribution >= 4 is 18.0 Å². The molecule has 0 spiro atoms. The zero-order valence-electron chi connectivity index (χ0n) is 18.2. The standard InChI is InChI=1S/C24H29N3O3/c1-16(2)15-27-17(3)11-20(18(27)4)12-21(14-25)24(29)26-22(13-23(28)30-5)19-9-7-6-8-10-19/h6-12,16,22H,13,15H2,1-5H3,(H,26,29). The smallest absolute Gasteiger partial charge is 0.307 e. The van der Waals surface area contributed by atoms with E-state index < -0.39 is 17.9 Å². The third kappa shape index (κ3) is 5.84. The minimum atomic E-state index is -0.587. The highest BCUT2D eigenvalue weighted by atomic mass is 16.5. The first-order chi connectivity index (χ1) is 14.3. The Balaban J connectivity index is 2.30. The largest absolute Gasteiger partial charge is 0.469 e. The predicted molar refractivity (Wildman–Crippen MR) is 116 cm³/mol. The summed E-state index contributed by atoms with van der Waals surface area (Å²) in [5.41, 5.74) is 3.69. The van der Waals surface area contributed by atoms with Gasteiger partial charge in [0.2, 0.25) is 0 Å². The van der Waals surface area contributed by atoms with Crippen LogP contribution in [0.25, 0.3) is 6.08 Å². The third-order valence-corrected chi connectivity index (χ3v) is 4.93. The summed E-state index contributed by atoms with van der Waals surface area (Å²) in [6, 6.07) is 12.5. The van der Waals surface area contributed by atoms with Gasteiger partial charge in [0.1, 0.15) is 11.6 Å². The second kappa shape index (κ2) is 10.4. The molecule has 0 saturated heterocycles. The van der Waals surface area contributed by atoms with E-state index >= 15 is 0 Å². The lowest BCUT2D eigenvalue weighted by atomic mass is 10.0. The first-order valence-corrected chi connectivity index (χ1v) is 9.98. The Labute approximate surface area is 178 Å². The van der Waals surface area contributed by atoms with E-state index in [1.807, 2.05) is 56.3 Å². The summed E-state index contributed by atoms with van der Waals surface area (Å²) < 4.78 is 6.94. The number of nitrogens with one attached hydrogen (secondary N) is 1. The molecule has 6 heteroatoms. The number of carbonyl (C=O) groups excluding carboxylic acids is 2. The molecule has 30 heavy (non-hydrogen) atoms. The van der Waals surface area contributed by atoms with E-state index in [0.29, 0.717) is 5.92 Å². The number of aryl methyl sites for hydroxylation is 1. The highest BCUT2D eigenvalue weighted by Crippen LogP contribution is 2.21. The zero-order valence-corrected chi connectivity index (χ0v) is 18.2. The van der Waals surface area contributed by atoms with Crippen LogP contribution in [0, 0.1) is 31.1 Å². The van der Waals surface area contributed by atoms with Crippen molar-refractivity contribution in [3.8, 4) is 6.07 Å². The van der Waals surface area contributed by atoms with Gasteiger partial charge in [-0.3, -0.25) is 9.59 Å². The van der Waals surface area contributed by atoms with E-state index in [-0.39, 0.29) is 12.0 Å². The molecule has 0 radical (unpaired) electrons. The maximum absolute atomic E-state index is 12.9. The summed E-state index contributed by atoms with van der Waals surface area (Å²) in [5.74, 6) is -0.483. The number of methoxy groups -OCH3 is 1. The topological polar surface area (TPSA) is 84.1 Å². The summed E-state index contributed by atoms with van der Waals surface area (Å²) in [5, 5.41) is 12.4. The van der Waals surface area contributed by atoms with E-state index in [2.05, 4.69) is 23.7 Å². The quantitative estimate of drug-likeness (QED) is 0.406. The van der Waals surface area contributed by atoms with Crippen molar-refractivity contribution < 1.29 is 14.3 Å². The van der Waals surface area contributed by atoms with Gasteiger partial charge in [-0.1, -0.05) is 44.2 Å². The Hall–Kier alpha value is -3.33. The van der Waals surface area contributed by atoms with Crippen LogP contribution in [0.15, 0.2) is 42.0 Å². The minimum Gasteiger partial charge on any atom is -0.469 e. The second-order valence-electron chi connectivity index (χ2n) is 7.72. The number of hydrogen-bond acceptors (Lipinski definition) is 4. The molecule has 0 aliphatic rings. The van der Waals surface area contributed by atoms with Gasteiger partial charge in [-0.05, 0) is 43.0 Å². The fourth-order valence-corrected chi connectivity index (χ4v) is 3.35. The van der Waals surface area contributed by atoms with Crippen LogP contribution in [0.3, 0.4) is 0 Å². The van der Waals surface area contributed by atoms with Crippen LogP contribution in [0.5, 0.6) is 0 Å². The van der Waals surface area contributed by atoms with Gasteiger partial charge in [-0.25, -0.2) is 0 Å². The maximum Gasteiger partial charge on any atom is 0.307 e. The number of amides is 1. The van der Waals surface area contributed by atoms with E-state index in [4.69, 9.17) is 4.74 Å². The minimum absolute atomic E-state index is 0.00871. The highest BCUT2D eigenvalue weighted by Gasteiger charge is 2.21. The molecular weight excluding hydrogens is 378 g/mol. The molecule has 0 bridgehead atoms. The first kappa shape index (κ1) is 23.0. The molecule has 158 valence electrons. The third-order valence-electron chi connectivity index (χ3n) is 4.93. The molecule has 1 amide bonds. The van der Waals surface area contributed by atoms with Gasteiger partial charge in [-0.2, -0.15) is 5.26 Å². The summed E-state index contributed by atoms with van der Waals surface area (Å²) in [6.45, 7) is 9.16. The zero-order chi connectivity index (χ0) is 22.3. The monoisotopic (exact) mass is 407 g/mol. The van der Waals surface area contributed by atoms with E-state index in [1.54, 1.807) is 6.08 Å². The number of nitriles is 1. The van der Waals surface area contributed by atoms with Crippen molar-refractivity contribution in [2.45, 2.75) is 46.7 Å². The molecule has 1 aromatic heterocycles. The lowest BCUT2D eigenvalue weighted by Crippen LogP contribution is -2.31. The molecular formula is C24H29N3O3. The van der Waals surface area contributed by atoms with E-state index in [1.165, 1.54) is 7.11 Å². The van der Waals surface area contributed by atoms with Gasteiger partial charge < -0.3 is 14.6 Å². The molecule has 0 fully saturated rings. The molecule has 1 atom stereocenters. The normalized spacial score (nSPS) is 12.4. The number of nitrogens with zero attached hydrogens (tertiary/aromatic N) is 2. The van der Waals surface area contributed by atoms with Crippen molar-refractivity contribution in [2.24, 2.45) is 5.92 Å². The van der Waals surface area contributed by atoms with Gasteiger partial charge in [0.05, 0.1) is 19.6 Å². The SMILES string of the molecule is COC(=O)CC(NC(=O)C(C#N)=Cc1cc(C)n(CC(C)C)c1C)c1ccccc1. The molecule has 0 saturated carbocycles. The molecule has 2 aromatic rings. The molecule has 2 rings (SSSR count). The van der Waals surface area contributed by atoms with Crippen LogP contribution in [-0.2, 0) is 20.9 Å². The van der Waals surface area contributed by atoms with Crippen LogP contribution in [0.4, 0.5) is 0 Å². The molecule has 0 aliphatic carbocycles. The van der Waals surface area contributed by atoms with Crippen molar-refractivity contribution in [1.29, 1.82) is 5.26 Å². The predicted octanol–water partition coefficient (Wildman–Crippen LogP) is 4.09. The van der Waals surface area contributed by atoms with Gasteiger partial charge in [0.15, 0.2) is 0 Å². The summed E-state index contributed by atoms with van der Waals surface area (Å²) in [7, 11) is 1.31. The van der Waals surface area contributed by atoms with Crippen molar-refractivity contribution in [1.82, 2.24) is 9.88 Å². The highest BCUT2D eigenvalue weighted by molar-refractivity contribution is 6.02. The van der Waals surface area contributed by atoms with Crippen LogP contribution in [-0.4, -0.2) is 23.6 Å².